The van der Waals surface area contributed by atoms with Crippen LogP contribution in [0.4, 0.5) is 0 Å². The van der Waals surface area contributed by atoms with Crippen LogP contribution in [0.2, 0.25) is 0 Å². The molecule has 0 saturated heterocycles. The van der Waals surface area contributed by atoms with Crippen molar-refractivity contribution in [2.24, 2.45) is 5.73 Å². The lowest BCUT2D eigenvalue weighted by molar-refractivity contribution is -0.161. The second kappa shape index (κ2) is 8.72. The summed E-state index contributed by atoms with van der Waals surface area (Å²) in [5, 5.41) is 9.54. The quantitative estimate of drug-likeness (QED) is 0.410. The Labute approximate surface area is 154 Å². The topological polar surface area (TPSA) is 89.6 Å². The van der Waals surface area contributed by atoms with Gasteiger partial charge >= 0.3 is 11.9 Å². The number of aromatic hydroxyl groups is 1. The standard InChI is InChI=1S/C19H27NO4S/c1-2-13-10-15(21)7-6-14(13)11-16(20)18(23)24-17(22)12-19(25)8-4-3-5-9-19/h6-7,10,16,21,25H,2-5,8-9,11-12,20H2,1H3/t16-/m0/s1. The van der Waals surface area contributed by atoms with Crippen molar-refractivity contribution < 1.29 is 19.4 Å². The highest BCUT2D eigenvalue weighted by molar-refractivity contribution is 7.81. The van der Waals surface area contributed by atoms with Crippen LogP contribution in [0.25, 0.3) is 0 Å². The van der Waals surface area contributed by atoms with Gasteiger partial charge in [0.2, 0.25) is 0 Å². The molecule has 0 spiro atoms. The lowest BCUT2D eigenvalue weighted by Crippen LogP contribution is -2.37. The van der Waals surface area contributed by atoms with Gasteiger partial charge in [0.1, 0.15) is 11.8 Å². The van der Waals surface area contributed by atoms with E-state index in [0.29, 0.717) is 6.42 Å². The van der Waals surface area contributed by atoms with Crippen LogP contribution < -0.4 is 5.73 Å². The zero-order valence-corrected chi connectivity index (χ0v) is 15.6. The average Bonchev–Trinajstić information content (AvgIpc) is 2.56. The van der Waals surface area contributed by atoms with Crippen molar-refractivity contribution in [2.45, 2.75) is 69.1 Å². The molecule has 1 atom stereocenters. The molecule has 1 saturated carbocycles. The summed E-state index contributed by atoms with van der Waals surface area (Å²) in [7, 11) is 0. The highest BCUT2D eigenvalue weighted by Gasteiger charge is 2.32. The highest BCUT2D eigenvalue weighted by Crippen LogP contribution is 2.36. The number of phenols is 1. The molecule has 0 aromatic heterocycles. The van der Waals surface area contributed by atoms with E-state index < -0.39 is 18.0 Å². The van der Waals surface area contributed by atoms with Gasteiger partial charge in [-0.2, -0.15) is 12.6 Å². The molecule has 0 bridgehead atoms. The summed E-state index contributed by atoms with van der Waals surface area (Å²) in [6.07, 6.45) is 6.09. The molecule has 3 N–H and O–H groups in total. The number of benzene rings is 1. The first-order valence-electron chi connectivity index (χ1n) is 8.86. The van der Waals surface area contributed by atoms with E-state index in [1.165, 1.54) is 0 Å². The molecule has 1 aromatic rings. The summed E-state index contributed by atoms with van der Waals surface area (Å²) in [6, 6.07) is 4.05. The fraction of sp³-hybridized carbons (Fsp3) is 0.579. The van der Waals surface area contributed by atoms with E-state index in [4.69, 9.17) is 10.5 Å². The van der Waals surface area contributed by atoms with E-state index in [2.05, 4.69) is 12.6 Å². The van der Waals surface area contributed by atoms with Crippen LogP contribution in [0.15, 0.2) is 18.2 Å². The van der Waals surface area contributed by atoms with Crippen molar-refractivity contribution in [3.05, 3.63) is 29.3 Å². The van der Waals surface area contributed by atoms with Crippen LogP contribution in [0.1, 0.15) is 56.6 Å². The Morgan fingerprint density at radius 2 is 1.96 bits per heavy atom. The van der Waals surface area contributed by atoms with Crippen molar-refractivity contribution in [2.75, 3.05) is 0 Å². The molecule has 1 aromatic carbocycles. The Morgan fingerprint density at radius 1 is 1.28 bits per heavy atom. The minimum atomic E-state index is -0.916. The summed E-state index contributed by atoms with van der Waals surface area (Å²) in [4.78, 5) is 24.2. The van der Waals surface area contributed by atoms with Gasteiger partial charge in [0, 0.05) is 4.75 Å². The first kappa shape index (κ1) is 19.8. The smallest absolute Gasteiger partial charge is 0.330 e. The number of ether oxygens (including phenoxy) is 1. The minimum Gasteiger partial charge on any atom is -0.508 e. The molecule has 0 unspecified atom stereocenters. The number of aryl methyl sites for hydroxylation is 1. The van der Waals surface area contributed by atoms with Crippen LogP contribution in [0, 0.1) is 0 Å². The molecule has 138 valence electrons. The number of phenolic OH excluding ortho intramolecular Hbond substituents is 1. The van der Waals surface area contributed by atoms with Gasteiger partial charge in [-0.3, -0.25) is 4.79 Å². The molecular formula is C19H27NO4S. The van der Waals surface area contributed by atoms with Crippen molar-refractivity contribution in [3.63, 3.8) is 0 Å². The van der Waals surface area contributed by atoms with Gasteiger partial charge in [-0.05, 0) is 48.9 Å². The SMILES string of the molecule is CCc1cc(O)ccc1C[C@H](N)C(=O)OC(=O)CC1(S)CCCCC1. The van der Waals surface area contributed by atoms with Crippen molar-refractivity contribution in [1.82, 2.24) is 0 Å². The lowest BCUT2D eigenvalue weighted by Gasteiger charge is -2.31. The first-order chi connectivity index (χ1) is 11.8. The van der Waals surface area contributed by atoms with Crippen molar-refractivity contribution in [1.29, 1.82) is 0 Å². The molecule has 5 nitrogen and oxygen atoms in total. The Bertz CT molecular complexity index is 626. The number of carbonyl (C=O) groups excluding carboxylic acids is 2. The van der Waals surface area contributed by atoms with Crippen LogP contribution in [-0.4, -0.2) is 27.8 Å². The number of hydrogen-bond acceptors (Lipinski definition) is 6. The summed E-state index contributed by atoms with van der Waals surface area (Å²) < 4.78 is 4.58. The van der Waals surface area contributed by atoms with E-state index in [1.807, 2.05) is 6.92 Å². The predicted molar refractivity (Wildman–Crippen MR) is 99.7 cm³/mol. The molecule has 0 aliphatic heterocycles. The van der Waals surface area contributed by atoms with Gasteiger partial charge < -0.3 is 15.6 Å². The number of hydrogen-bond donors (Lipinski definition) is 3. The fourth-order valence-electron chi connectivity index (χ4n) is 3.34. The Kier molecular flexibility index (Phi) is 6.90. The van der Waals surface area contributed by atoms with Gasteiger partial charge in [0.15, 0.2) is 0 Å². The maximum Gasteiger partial charge on any atom is 0.330 e. The number of carbonyl (C=O) groups is 2. The number of thiol groups is 1. The average molecular weight is 365 g/mol. The summed E-state index contributed by atoms with van der Waals surface area (Å²) >= 11 is 4.61. The molecular weight excluding hydrogens is 338 g/mol. The van der Waals surface area contributed by atoms with Crippen molar-refractivity contribution >= 4 is 24.6 Å². The molecule has 0 heterocycles. The van der Waals surface area contributed by atoms with Crippen LogP contribution in [0.5, 0.6) is 5.75 Å². The zero-order valence-electron chi connectivity index (χ0n) is 14.7. The lowest BCUT2D eigenvalue weighted by atomic mass is 9.86. The minimum absolute atomic E-state index is 0.133. The number of nitrogens with two attached hydrogens (primary N) is 1. The fourth-order valence-corrected chi connectivity index (χ4v) is 3.79. The Balaban J connectivity index is 1.90. The third-order valence-corrected chi connectivity index (χ3v) is 5.39. The van der Waals surface area contributed by atoms with E-state index in [-0.39, 0.29) is 23.3 Å². The highest BCUT2D eigenvalue weighted by atomic mass is 32.1. The maximum absolute atomic E-state index is 12.1. The van der Waals surface area contributed by atoms with Gasteiger partial charge in [0.25, 0.3) is 0 Å². The van der Waals surface area contributed by atoms with E-state index in [9.17, 15) is 14.7 Å². The maximum atomic E-state index is 12.1. The zero-order chi connectivity index (χ0) is 18.4. The normalized spacial score (nSPS) is 17.7. The monoisotopic (exact) mass is 365 g/mol. The molecule has 25 heavy (non-hydrogen) atoms. The third-order valence-electron chi connectivity index (χ3n) is 4.79. The molecule has 6 heteroatoms. The second-order valence-corrected chi connectivity index (χ2v) is 7.82. The predicted octanol–water partition coefficient (Wildman–Crippen LogP) is 2.92. The number of rotatable bonds is 6. The summed E-state index contributed by atoms with van der Waals surface area (Å²) in [5.41, 5.74) is 7.71. The third kappa shape index (κ3) is 5.75. The van der Waals surface area contributed by atoms with Crippen LogP contribution in [0.3, 0.4) is 0 Å². The van der Waals surface area contributed by atoms with Gasteiger partial charge in [-0.15, -0.1) is 0 Å². The van der Waals surface area contributed by atoms with Crippen LogP contribution >= 0.6 is 12.6 Å². The number of esters is 2. The summed E-state index contributed by atoms with van der Waals surface area (Å²) in [6.45, 7) is 1.96. The van der Waals surface area contributed by atoms with E-state index in [0.717, 1.165) is 43.2 Å². The van der Waals surface area contributed by atoms with Gasteiger partial charge in [-0.25, -0.2) is 4.79 Å². The van der Waals surface area contributed by atoms with E-state index >= 15 is 0 Å². The second-order valence-electron chi connectivity index (χ2n) is 6.87. The first-order valence-corrected chi connectivity index (χ1v) is 9.31. The van der Waals surface area contributed by atoms with E-state index in [1.54, 1.807) is 18.2 Å². The molecule has 2 rings (SSSR count). The molecule has 0 amide bonds. The molecule has 1 aliphatic rings. The Hall–Kier alpha value is -1.53. The Morgan fingerprint density at radius 3 is 2.60 bits per heavy atom. The summed E-state index contributed by atoms with van der Waals surface area (Å²) in [5.74, 6) is -1.09. The van der Waals surface area contributed by atoms with Crippen LogP contribution in [-0.2, 0) is 27.2 Å². The molecule has 0 radical (unpaired) electrons. The largest absolute Gasteiger partial charge is 0.508 e. The van der Waals surface area contributed by atoms with Gasteiger partial charge in [0.05, 0.1) is 6.42 Å². The molecule has 1 fully saturated rings. The van der Waals surface area contributed by atoms with Gasteiger partial charge in [-0.1, -0.05) is 32.3 Å². The van der Waals surface area contributed by atoms with Crippen molar-refractivity contribution in [3.8, 4) is 5.75 Å². The molecule has 1 aliphatic carbocycles.